The van der Waals surface area contributed by atoms with Crippen molar-refractivity contribution in [1.29, 1.82) is 0 Å². The number of unbranched alkanes of at least 4 members (excludes halogenated alkanes) is 1. The van der Waals surface area contributed by atoms with E-state index >= 15 is 0 Å². The van der Waals surface area contributed by atoms with Gasteiger partial charge in [-0.1, -0.05) is 13.3 Å². The number of nitrogens with one attached hydrogen (secondary N) is 2. The summed E-state index contributed by atoms with van der Waals surface area (Å²) in [5, 5.41) is 6.78. The van der Waals surface area contributed by atoms with E-state index in [1.54, 1.807) is 0 Å². The van der Waals surface area contributed by atoms with E-state index in [1.165, 1.54) is 19.3 Å². The first-order valence-corrected chi connectivity index (χ1v) is 8.77. The first kappa shape index (κ1) is 16.1. The summed E-state index contributed by atoms with van der Waals surface area (Å²) < 4.78 is 5.63. The molecule has 7 heteroatoms. The molecule has 1 saturated heterocycles. The number of nitrogens with zero attached hydrogens (tertiary/aromatic N) is 3. The maximum Gasteiger partial charge on any atom is 0.320 e. The van der Waals surface area contributed by atoms with E-state index in [9.17, 15) is 0 Å². The van der Waals surface area contributed by atoms with Gasteiger partial charge in [0.2, 0.25) is 0 Å². The van der Waals surface area contributed by atoms with E-state index in [2.05, 4.69) is 32.4 Å². The molecule has 1 atom stereocenters. The molecule has 128 valence electrons. The number of hydrogen-bond donors (Lipinski definition) is 3. The molecule has 0 aromatic carbocycles. The van der Waals surface area contributed by atoms with Gasteiger partial charge in [0.25, 0.3) is 0 Å². The van der Waals surface area contributed by atoms with E-state index in [0.29, 0.717) is 18.4 Å². The van der Waals surface area contributed by atoms with Crippen molar-refractivity contribution < 1.29 is 4.74 Å². The molecule has 1 aromatic rings. The second-order valence-corrected chi connectivity index (χ2v) is 6.39. The van der Waals surface area contributed by atoms with Crippen molar-refractivity contribution in [2.45, 2.75) is 39.0 Å². The maximum atomic E-state index is 6.05. The molecular formula is C16H28N6O. The molecule has 1 unspecified atom stereocenters. The molecule has 2 aliphatic rings. The monoisotopic (exact) mass is 320 g/mol. The van der Waals surface area contributed by atoms with Crippen LogP contribution in [0.15, 0.2) is 0 Å². The average molecular weight is 320 g/mol. The van der Waals surface area contributed by atoms with Crippen LogP contribution in [-0.2, 0) is 0 Å². The number of aromatic nitrogens is 2. The molecule has 4 N–H and O–H groups in total. The average Bonchev–Trinajstić information content (AvgIpc) is 2.98. The molecular weight excluding hydrogens is 292 g/mol. The molecule has 23 heavy (non-hydrogen) atoms. The summed E-state index contributed by atoms with van der Waals surface area (Å²) in [5.41, 5.74) is 6.89. The first-order valence-electron chi connectivity index (χ1n) is 8.77. The lowest BCUT2D eigenvalue weighted by atomic mass is 9.96. The number of nitrogen functional groups attached to an aromatic ring is 1. The summed E-state index contributed by atoms with van der Waals surface area (Å²) in [5.74, 6) is 2.11. The van der Waals surface area contributed by atoms with Crippen molar-refractivity contribution >= 4 is 17.3 Å². The van der Waals surface area contributed by atoms with Gasteiger partial charge in [0.1, 0.15) is 5.69 Å². The predicted molar refractivity (Wildman–Crippen MR) is 92.9 cm³/mol. The van der Waals surface area contributed by atoms with Crippen LogP contribution in [-0.4, -0.2) is 42.9 Å². The number of piperidine rings is 1. The lowest BCUT2D eigenvalue weighted by Crippen LogP contribution is -2.33. The summed E-state index contributed by atoms with van der Waals surface area (Å²) in [4.78, 5) is 11.1. The molecule has 3 heterocycles. The largest absolute Gasteiger partial charge is 0.463 e. The van der Waals surface area contributed by atoms with Gasteiger partial charge < -0.3 is 26.0 Å². The number of anilines is 3. The normalized spacial score (nSPS) is 20.2. The summed E-state index contributed by atoms with van der Waals surface area (Å²) in [6.45, 7) is 6.78. The third kappa shape index (κ3) is 3.96. The Morgan fingerprint density at radius 3 is 3.09 bits per heavy atom. The minimum atomic E-state index is 0.391. The van der Waals surface area contributed by atoms with Crippen molar-refractivity contribution in [3.8, 4) is 6.01 Å². The van der Waals surface area contributed by atoms with Gasteiger partial charge in [0.05, 0.1) is 13.3 Å². The molecule has 0 saturated carbocycles. The van der Waals surface area contributed by atoms with Crippen LogP contribution >= 0.6 is 0 Å². The minimum Gasteiger partial charge on any atom is -0.463 e. The Labute approximate surface area is 138 Å². The van der Waals surface area contributed by atoms with Gasteiger partial charge >= 0.3 is 6.01 Å². The third-order valence-corrected chi connectivity index (χ3v) is 4.58. The number of nitrogens with two attached hydrogens (primary N) is 1. The van der Waals surface area contributed by atoms with Crippen LogP contribution in [0.2, 0.25) is 0 Å². The van der Waals surface area contributed by atoms with Gasteiger partial charge in [0.15, 0.2) is 11.6 Å². The number of fused-ring (bicyclic) bond motifs is 1. The standard InChI is InChI=1S/C16H28N6O/c1-2-3-9-23-16-20-14(17)13-15(21-16)22(11-19-13)8-6-12-5-4-7-18-10-12/h12,18-19H,2-11H2,1H3,(H2,17,20,21). The first-order chi connectivity index (χ1) is 11.3. The van der Waals surface area contributed by atoms with Gasteiger partial charge in [-0.25, -0.2) is 0 Å². The van der Waals surface area contributed by atoms with Gasteiger partial charge in [-0.3, -0.25) is 0 Å². The van der Waals surface area contributed by atoms with Gasteiger partial charge in [0, 0.05) is 6.54 Å². The van der Waals surface area contributed by atoms with Crippen LogP contribution in [0.25, 0.3) is 0 Å². The number of rotatable bonds is 7. The lowest BCUT2D eigenvalue weighted by Gasteiger charge is -2.25. The van der Waals surface area contributed by atoms with Gasteiger partial charge in [-0.15, -0.1) is 0 Å². The van der Waals surface area contributed by atoms with Crippen LogP contribution in [0.1, 0.15) is 39.0 Å². The van der Waals surface area contributed by atoms with Crippen molar-refractivity contribution in [1.82, 2.24) is 15.3 Å². The SMILES string of the molecule is CCCCOc1nc(N)c2c(n1)N(CCC1CCCNC1)CN2. The van der Waals surface area contributed by atoms with Crippen LogP contribution in [0.4, 0.5) is 17.3 Å². The fraction of sp³-hybridized carbons (Fsp3) is 0.750. The molecule has 7 nitrogen and oxygen atoms in total. The highest BCUT2D eigenvalue weighted by Crippen LogP contribution is 2.35. The van der Waals surface area contributed by atoms with Crippen LogP contribution < -0.4 is 26.0 Å². The molecule has 0 bridgehead atoms. The van der Waals surface area contributed by atoms with Crippen LogP contribution in [0, 0.1) is 5.92 Å². The zero-order chi connectivity index (χ0) is 16.1. The number of ether oxygens (including phenoxy) is 1. The Balaban J connectivity index is 1.62. The highest BCUT2D eigenvalue weighted by Gasteiger charge is 2.25. The summed E-state index contributed by atoms with van der Waals surface area (Å²) >= 11 is 0. The van der Waals surface area contributed by atoms with Crippen LogP contribution in [0.3, 0.4) is 0 Å². The van der Waals surface area contributed by atoms with E-state index in [-0.39, 0.29) is 0 Å². The lowest BCUT2D eigenvalue weighted by molar-refractivity contribution is 0.286. The van der Waals surface area contributed by atoms with Crippen molar-refractivity contribution in [2.75, 3.05) is 48.9 Å². The minimum absolute atomic E-state index is 0.391. The maximum absolute atomic E-state index is 6.05. The Morgan fingerprint density at radius 1 is 1.39 bits per heavy atom. The topological polar surface area (TPSA) is 88.3 Å². The Morgan fingerprint density at radius 2 is 2.30 bits per heavy atom. The molecule has 3 rings (SSSR count). The molecule has 0 amide bonds. The highest BCUT2D eigenvalue weighted by atomic mass is 16.5. The molecule has 0 aliphatic carbocycles. The quantitative estimate of drug-likeness (QED) is 0.660. The Hall–Kier alpha value is -1.76. The van der Waals surface area contributed by atoms with E-state index < -0.39 is 0 Å². The second kappa shape index (κ2) is 7.68. The highest BCUT2D eigenvalue weighted by molar-refractivity contribution is 5.80. The second-order valence-electron chi connectivity index (χ2n) is 6.39. The van der Waals surface area contributed by atoms with E-state index in [0.717, 1.165) is 56.6 Å². The molecule has 2 aliphatic heterocycles. The van der Waals surface area contributed by atoms with Gasteiger partial charge in [-0.05, 0) is 44.7 Å². The Bertz CT molecular complexity index is 518. The number of hydrogen-bond acceptors (Lipinski definition) is 7. The summed E-state index contributed by atoms with van der Waals surface area (Å²) in [7, 11) is 0. The molecule has 1 aromatic heterocycles. The van der Waals surface area contributed by atoms with Crippen molar-refractivity contribution in [3.63, 3.8) is 0 Å². The molecule has 0 radical (unpaired) electrons. The zero-order valence-electron chi connectivity index (χ0n) is 14.0. The van der Waals surface area contributed by atoms with Crippen molar-refractivity contribution in [2.24, 2.45) is 5.92 Å². The van der Waals surface area contributed by atoms with Crippen molar-refractivity contribution in [3.05, 3.63) is 0 Å². The van der Waals surface area contributed by atoms with E-state index in [1.807, 2.05) is 0 Å². The van der Waals surface area contributed by atoms with Gasteiger partial charge in [-0.2, -0.15) is 9.97 Å². The molecule has 0 spiro atoms. The fourth-order valence-corrected chi connectivity index (χ4v) is 3.16. The Kier molecular flexibility index (Phi) is 5.38. The van der Waals surface area contributed by atoms with Crippen LogP contribution in [0.5, 0.6) is 6.01 Å². The predicted octanol–water partition coefficient (Wildman–Crippen LogP) is 1.82. The van der Waals surface area contributed by atoms with E-state index in [4.69, 9.17) is 10.5 Å². The molecule has 1 fully saturated rings. The smallest absolute Gasteiger partial charge is 0.320 e. The third-order valence-electron chi connectivity index (χ3n) is 4.58. The summed E-state index contributed by atoms with van der Waals surface area (Å²) in [6, 6.07) is 0.391. The summed E-state index contributed by atoms with van der Waals surface area (Å²) in [6.07, 6.45) is 5.85. The fourth-order valence-electron chi connectivity index (χ4n) is 3.16. The zero-order valence-corrected chi connectivity index (χ0v) is 14.0.